The van der Waals surface area contributed by atoms with Gasteiger partial charge >= 0.3 is 6.03 Å². The van der Waals surface area contributed by atoms with E-state index >= 15 is 0 Å². The molecule has 0 aromatic heterocycles. The van der Waals surface area contributed by atoms with Gasteiger partial charge in [0.2, 0.25) is 0 Å². The molecular formula is C16H18ClN3O2. The summed E-state index contributed by atoms with van der Waals surface area (Å²) in [5, 5.41) is 6.15. The van der Waals surface area contributed by atoms with E-state index in [1.165, 1.54) is 0 Å². The minimum absolute atomic E-state index is 0.146. The smallest absolute Gasteiger partial charge is 0.321 e. The predicted molar refractivity (Wildman–Crippen MR) is 86.4 cm³/mol. The van der Waals surface area contributed by atoms with Crippen LogP contribution in [-0.2, 0) is 0 Å². The van der Waals surface area contributed by atoms with Gasteiger partial charge in [-0.15, -0.1) is 0 Å². The molecule has 1 aromatic rings. The second-order valence-electron chi connectivity index (χ2n) is 5.50. The van der Waals surface area contributed by atoms with Crippen molar-refractivity contribution >= 4 is 29.2 Å². The van der Waals surface area contributed by atoms with Crippen molar-refractivity contribution in [3.05, 3.63) is 40.9 Å². The molecule has 5 nitrogen and oxygen atoms in total. The third kappa shape index (κ3) is 3.09. The molecule has 116 valence electrons. The zero-order chi connectivity index (χ0) is 15.5. The number of rotatable bonds is 3. The Kier molecular flexibility index (Phi) is 4.34. The molecule has 22 heavy (non-hydrogen) atoms. The van der Waals surface area contributed by atoms with Gasteiger partial charge in [-0.1, -0.05) is 23.8 Å². The molecule has 0 bridgehead atoms. The molecule has 3 amide bonds. The summed E-state index contributed by atoms with van der Waals surface area (Å²) in [5.41, 5.74) is 1.10. The van der Waals surface area contributed by atoms with E-state index in [0.717, 1.165) is 19.3 Å². The highest BCUT2D eigenvalue weighted by Gasteiger charge is 2.23. The number of carbonyl (C=O) groups is 2. The van der Waals surface area contributed by atoms with Crippen LogP contribution in [-0.4, -0.2) is 31.1 Å². The van der Waals surface area contributed by atoms with Crippen LogP contribution >= 0.6 is 11.6 Å². The summed E-state index contributed by atoms with van der Waals surface area (Å²) in [7, 11) is 0. The first-order chi connectivity index (χ1) is 10.6. The van der Waals surface area contributed by atoms with Gasteiger partial charge in [0.15, 0.2) is 0 Å². The summed E-state index contributed by atoms with van der Waals surface area (Å²) in [5.74, 6) is -0.188. The summed E-state index contributed by atoms with van der Waals surface area (Å²) in [6.45, 7) is 1.20. The second-order valence-corrected chi connectivity index (χ2v) is 5.91. The van der Waals surface area contributed by atoms with Crippen molar-refractivity contribution in [3.8, 4) is 0 Å². The Morgan fingerprint density at radius 2 is 2.23 bits per heavy atom. The minimum Gasteiger partial charge on any atom is -0.349 e. The topological polar surface area (TPSA) is 61.4 Å². The lowest BCUT2D eigenvalue weighted by molar-refractivity contribution is 0.0935. The lowest BCUT2D eigenvalue weighted by atomic mass is 10.0. The van der Waals surface area contributed by atoms with E-state index in [1.807, 2.05) is 0 Å². The molecule has 6 heteroatoms. The molecular weight excluding hydrogens is 302 g/mol. The number of nitrogens with zero attached hydrogens (tertiary/aromatic N) is 1. The molecule has 1 aromatic carbocycles. The van der Waals surface area contributed by atoms with Gasteiger partial charge in [-0.25, -0.2) is 4.79 Å². The molecule has 2 N–H and O–H groups in total. The van der Waals surface area contributed by atoms with Gasteiger partial charge in [0.05, 0.1) is 10.6 Å². The van der Waals surface area contributed by atoms with Gasteiger partial charge in [-0.3, -0.25) is 9.69 Å². The Morgan fingerprint density at radius 1 is 1.36 bits per heavy atom. The van der Waals surface area contributed by atoms with Gasteiger partial charge in [-0.05, 0) is 37.5 Å². The largest absolute Gasteiger partial charge is 0.349 e. The van der Waals surface area contributed by atoms with Gasteiger partial charge in [-0.2, -0.15) is 0 Å². The van der Waals surface area contributed by atoms with Crippen LogP contribution in [0.25, 0.3) is 0 Å². The van der Waals surface area contributed by atoms with Crippen molar-refractivity contribution in [3.63, 3.8) is 0 Å². The van der Waals surface area contributed by atoms with E-state index in [2.05, 4.69) is 22.8 Å². The first kappa shape index (κ1) is 14.9. The standard InChI is InChI=1S/C16H18ClN3O2/c17-14-7-6-12(20-9-8-18-16(20)22)10-13(14)15(21)19-11-4-2-1-3-5-11/h1-2,6-7,10-11H,3-5,8-9H2,(H,18,22)(H,19,21)/t11-/m0/s1. The Hall–Kier alpha value is -2.01. The molecule has 2 aliphatic rings. The Morgan fingerprint density at radius 3 is 2.91 bits per heavy atom. The molecule has 0 radical (unpaired) electrons. The van der Waals surface area contributed by atoms with Crippen LogP contribution in [0.2, 0.25) is 5.02 Å². The number of hydrogen-bond acceptors (Lipinski definition) is 2. The van der Waals surface area contributed by atoms with E-state index in [-0.39, 0.29) is 18.0 Å². The van der Waals surface area contributed by atoms with Gasteiger partial charge in [0.1, 0.15) is 0 Å². The Balaban J connectivity index is 1.78. The predicted octanol–water partition coefficient (Wildman–Crippen LogP) is 2.71. The van der Waals surface area contributed by atoms with Crippen LogP contribution in [0.5, 0.6) is 0 Å². The number of carbonyl (C=O) groups excluding carboxylic acids is 2. The van der Waals surface area contributed by atoms with Crippen molar-refractivity contribution in [2.45, 2.75) is 25.3 Å². The Labute approximate surface area is 134 Å². The molecule has 0 unspecified atom stereocenters. The van der Waals surface area contributed by atoms with Crippen LogP contribution in [0.4, 0.5) is 10.5 Å². The fraction of sp³-hybridized carbons (Fsp3) is 0.375. The normalized spacial score (nSPS) is 20.9. The molecule has 1 saturated heterocycles. The number of nitrogens with one attached hydrogen (secondary N) is 2. The van der Waals surface area contributed by atoms with Crippen molar-refractivity contribution in [1.29, 1.82) is 0 Å². The fourth-order valence-corrected chi connectivity index (χ4v) is 2.96. The number of allylic oxidation sites excluding steroid dienone is 1. The summed E-state index contributed by atoms with van der Waals surface area (Å²) in [6.07, 6.45) is 6.97. The van der Waals surface area contributed by atoms with Crippen LogP contribution in [0, 0.1) is 0 Å². The van der Waals surface area contributed by atoms with Crippen molar-refractivity contribution in [2.75, 3.05) is 18.0 Å². The molecule has 1 aliphatic carbocycles. The number of amides is 3. The van der Waals surface area contributed by atoms with Gasteiger partial charge in [0.25, 0.3) is 5.91 Å². The maximum Gasteiger partial charge on any atom is 0.321 e. The van der Waals surface area contributed by atoms with Crippen molar-refractivity contribution < 1.29 is 9.59 Å². The fourth-order valence-electron chi connectivity index (χ4n) is 2.76. The SMILES string of the molecule is O=C(N[C@H]1CC=CCC1)c1cc(N2CCNC2=O)ccc1Cl. The lowest BCUT2D eigenvalue weighted by Crippen LogP contribution is -2.35. The summed E-state index contributed by atoms with van der Waals surface area (Å²) in [4.78, 5) is 25.8. The van der Waals surface area contributed by atoms with Gasteiger partial charge < -0.3 is 10.6 Å². The van der Waals surface area contributed by atoms with Gasteiger partial charge in [0, 0.05) is 24.8 Å². The van der Waals surface area contributed by atoms with E-state index < -0.39 is 0 Å². The van der Waals surface area contributed by atoms with Crippen molar-refractivity contribution in [1.82, 2.24) is 10.6 Å². The molecule has 1 aliphatic heterocycles. The average molecular weight is 320 g/mol. The van der Waals surface area contributed by atoms with E-state index in [9.17, 15) is 9.59 Å². The monoisotopic (exact) mass is 319 g/mol. The quantitative estimate of drug-likeness (QED) is 0.841. The number of hydrogen-bond donors (Lipinski definition) is 2. The first-order valence-corrected chi connectivity index (χ1v) is 7.84. The molecule has 3 rings (SSSR count). The maximum absolute atomic E-state index is 12.4. The highest BCUT2D eigenvalue weighted by molar-refractivity contribution is 6.34. The summed E-state index contributed by atoms with van der Waals surface area (Å²) < 4.78 is 0. The van der Waals surface area contributed by atoms with Crippen molar-refractivity contribution in [2.24, 2.45) is 0 Å². The zero-order valence-corrected chi connectivity index (χ0v) is 12.9. The van der Waals surface area contributed by atoms with E-state index in [1.54, 1.807) is 23.1 Å². The van der Waals surface area contributed by atoms with Crippen LogP contribution in [0.1, 0.15) is 29.6 Å². The zero-order valence-electron chi connectivity index (χ0n) is 12.1. The molecule has 1 atom stereocenters. The van der Waals surface area contributed by atoms with E-state index in [4.69, 9.17) is 11.6 Å². The Bertz CT molecular complexity index is 630. The molecule has 0 spiro atoms. The molecule has 1 heterocycles. The summed E-state index contributed by atoms with van der Waals surface area (Å²) >= 11 is 6.16. The number of urea groups is 1. The average Bonchev–Trinajstić information content (AvgIpc) is 2.95. The molecule has 0 saturated carbocycles. The van der Waals surface area contributed by atoms with E-state index in [0.29, 0.717) is 29.4 Å². The van der Waals surface area contributed by atoms with Crippen LogP contribution < -0.4 is 15.5 Å². The third-order valence-electron chi connectivity index (χ3n) is 3.97. The highest BCUT2D eigenvalue weighted by atomic mass is 35.5. The van der Waals surface area contributed by atoms with Crippen LogP contribution in [0.3, 0.4) is 0 Å². The lowest BCUT2D eigenvalue weighted by Gasteiger charge is -2.20. The second kappa shape index (κ2) is 6.40. The highest BCUT2D eigenvalue weighted by Crippen LogP contribution is 2.25. The number of benzene rings is 1. The molecule has 1 fully saturated rings. The van der Waals surface area contributed by atoms with Crippen LogP contribution in [0.15, 0.2) is 30.4 Å². The minimum atomic E-state index is -0.188. The third-order valence-corrected chi connectivity index (χ3v) is 4.30. The summed E-state index contributed by atoms with van der Waals surface area (Å²) in [6, 6.07) is 5.10. The number of halogens is 1. The maximum atomic E-state index is 12.4. The number of anilines is 1. The first-order valence-electron chi connectivity index (χ1n) is 7.46.